The minimum absolute atomic E-state index is 0.276. The number of hydrogen-bond acceptors (Lipinski definition) is 9. The fraction of sp³-hybridized carbons (Fsp3) is 0.351. The first kappa shape index (κ1) is 30.0. The van der Waals surface area contributed by atoms with Crippen molar-refractivity contribution in [2.45, 2.75) is 52.0 Å². The molecule has 4 heterocycles. The molecule has 0 aliphatic heterocycles. The number of methoxy groups -OCH3 is 1. The van der Waals surface area contributed by atoms with Crippen LogP contribution in [0.25, 0.3) is 27.0 Å². The zero-order valence-corrected chi connectivity index (χ0v) is 28.2. The molecule has 10 rings (SSSR count). The summed E-state index contributed by atoms with van der Waals surface area (Å²) in [6.45, 7) is 3.01. The van der Waals surface area contributed by atoms with Crippen molar-refractivity contribution in [3.05, 3.63) is 83.8 Å². The van der Waals surface area contributed by atoms with Gasteiger partial charge >= 0.3 is 5.97 Å². The van der Waals surface area contributed by atoms with Crippen molar-refractivity contribution in [2.75, 3.05) is 17.7 Å². The van der Waals surface area contributed by atoms with Crippen LogP contribution in [-0.2, 0) is 11.3 Å². The highest BCUT2D eigenvalue weighted by Crippen LogP contribution is 2.60. The van der Waals surface area contributed by atoms with Crippen molar-refractivity contribution in [2.24, 2.45) is 23.2 Å². The lowest BCUT2D eigenvalue weighted by Crippen LogP contribution is -2.48. The fourth-order valence-corrected chi connectivity index (χ4v) is 10.0. The van der Waals surface area contributed by atoms with E-state index in [0.717, 1.165) is 45.8 Å². The number of anilines is 3. The molecule has 0 unspecified atom stereocenters. The van der Waals surface area contributed by atoms with Gasteiger partial charge in [0.25, 0.3) is 5.91 Å². The predicted octanol–water partition coefficient (Wildman–Crippen LogP) is 7.51. The summed E-state index contributed by atoms with van der Waals surface area (Å²) in [5.74, 6) is 2.11. The van der Waals surface area contributed by atoms with E-state index in [0.29, 0.717) is 38.6 Å². The monoisotopic (exact) mass is 672 g/mol. The van der Waals surface area contributed by atoms with E-state index in [4.69, 9.17) is 14.8 Å². The third-order valence-electron chi connectivity index (χ3n) is 10.8. The number of nitrogens with one attached hydrogen (secondary N) is 2. The average molecular weight is 673 g/mol. The van der Waals surface area contributed by atoms with Crippen LogP contribution in [0.3, 0.4) is 0 Å². The number of para-hydroxylation sites is 1. The predicted molar refractivity (Wildman–Crippen MR) is 188 cm³/mol. The van der Waals surface area contributed by atoms with Gasteiger partial charge in [-0.3, -0.25) is 14.8 Å². The lowest BCUT2D eigenvalue weighted by molar-refractivity contribution is -0.0638. The molecular weight excluding hydrogens is 637 g/mol. The Kier molecular flexibility index (Phi) is 7.04. The van der Waals surface area contributed by atoms with Crippen LogP contribution in [0, 0.1) is 30.1 Å². The van der Waals surface area contributed by atoms with Gasteiger partial charge in [0.2, 0.25) is 5.95 Å². The standard InChI is InChI=1S/C37H36N8O3S/c1-21-28(19-38-45(21)20-37-16-22-12-23(17-37)14-24(13-22)18-37)27-10-11-44-32(31(27)34(47)48-2)41-35(43-44)39-26-7-5-6-25(15-26)33(46)42-36-40-29-8-3-4-9-30(29)49-36/h3-11,15,19,22-24H,12-14,16-18,20H2,1-2H3,(H,39,43)(H,40,42,46). The SMILES string of the molecule is COC(=O)c1c(-c2cnn(CC34CC5CC(CC(C5)C3)C4)c2C)ccn2nc(Nc3cccc(C(=O)Nc4nc5ccccc5s4)c3)nc12. The molecule has 4 aromatic heterocycles. The lowest BCUT2D eigenvalue weighted by atomic mass is 9.49. The summed E-state index contributed by atoms with van der Waals surface area (Å²) >= 11 is 1.42. The molecule has 4 aliphatic rings. The lowest BCUT2D eigenvalue weighted by Gasteiger charge is -2.56. The van der Waals surface area contributed by atoms with E-state index in [-0.39, 0.29) is 11.9 Å². The van der Waals surface area contributed by atoms with Crippen molar-refractivity contribution >= 4 is 55.8 Å². The summed E-state index contributed by atoms with van der Waals surface area (Å²) in [6, 6.07) is 16.7. The molecule has 4 saturated carbocycles. The number of carbonyl (C=O) groups excluding carboxylic acids is 2. The first-order valence-corrected chi connectivity index (χ1v) is 17.7. The van der Waals surface area contributed by atoms with Crippen LogP contribution in [0.1, 0.15) is 64.9 Å². The van der Waals surface area contributed by atoms with Crippen LogP contribution < -0.4 is 10.6 Å². The number of hydrogen-bond donors (Lipinski definition) is 2. The Hall–Kier alpha value is -5.10. The van der Waals surface area contributed by atoms with Crippen molar-refractivity contribution in [3.8, 4) is 11.1 Å². The smallest absolute Gasteiger partial charge is 0.342 e. The van der Waals surface area contributed by atoms with Gasteiger partial charge in [0.1, 0.15) is 5.56 Å². The molecule has 6 aromatic rings. The number of thiazole rings is 1. The van der Waals surface area contributed by atoms with Crippen molar-refractivity contribution in [3.63, 3.8) is 0 Å². The Morgan fingerprint density at radius 2 is 1.76 bits per heavy atom. The van der Waals surface area contributed by atoms with Crippen molar-refractivity contribution < 1.29 is 14.3 Å². The van der Waals surface area contributed by atoms with Gasteiger partial charge in [-0.2, -0.15) is 10.1 Å². The second kappa shape index (κ2) is 11.5. The number of carbonyl (C=O) groups is 2. The molecule has 4 bridgehead atoms. The van der Waals surface area contributed by atoms with Gasteiger partial charge < -0.3 is 10.1 Å². The molecule has 4 fully saturated rings. The number of benzene rings is 2. The molecule has 49 heavy (non-hydrogen) atoms. The highest BCUT2D eigenvalue weighted by atomic mass is 32.1. The zero-order valence-electron chi connectivity index (χ0n) is 27.3. The van der Waals surface area contributed by atoms with E-state index in [1.807, 2.05) is 42.6 Å². The van der Waals surface area contributed by atoms with E-state index >= 15 is 0 Å². The molecule has 2 aromatic carbocycles. The van der Waals surface area contributed by atoms with Crippen molar-refractivity contribution in [1.29, 1.82) is 0 Å². The minimum Gasteiger partial charge on any atom is -0.465 e. The molecule has 0 spiro atoms. The largest absolute Gasteiger partial charge is 0.465 e. The van der Waals surface area contributed by atoms with Crippen LogP contribution in [0.4, 0.5) is 16.8 Å². The molecule has 248 valence electrons. The van der Waals surface area contributed by atoms with Gasteiger partial charge in [-0.15, -0.1) is 5.10 Å². The second-order valence-corrected chi connectivity index (χ2v) is 15.2. The summed E-state index contributed by atoms with van der Waals surface area (Å²) in [5, 5.41) is 16.1. The van der Waals surface area contributed by atoms with Crippen molar-refractivity contribution in [1.82, 2.24) is 29.4 Å². The molecule has 11 nitrogen and oxygen atoms in total. The average Bonchev–Trinajstić information content (AvgIpc) is 3.79. The topological polar surface area (TPSA) is 128 Å². The van der Waals surface area contributed by atoms with Gasteiger partial charge in [0, 0.05) is 40.8 Å². The number of esters is 1. The summed E-state index contributed by atoms with van der Waals surface area (Å²) in [7, 11) is 1.37. The van der Waals surface area contributed by atoms with Gasteiger partial charge in [-0.1, -0.05) is 29.5 Å². The van der Waals surface area contributed by atoms with E-state index in [1.165, 1.54) is 57.0 Å². The number of nitrogens with zero attached hydrogens (tertiary/aromatic N) is 6. The van der Waals surface area contributed by atoms with E-state index in [2.05, 4.69) is 32.3 Å². The molecule has 2 N–H and O–H groups in total. The summed E-state index contributed by atoms with van der Waals surface area (Å²) in [5.41, 5.74) is 5.56. The first-order valence-electron chi connectivity index (χ1n) is 16.9. The Morgan fingerprint density at radius 3 is 2.51 bits per heavy atom. The molecular formula is C37H36N8O3S. The van der Waals surface area contributed by atoms with Crippen LogP contribution in [-0.4, -0.2) is 48.3 Å². The molecule has 0 atom stereocenters. The Morgan fingerprint density at radius 1 is 0.980 bits per heavy atom. The molecule has 4 aliphatic carbocycles. The van der Waals surface area contributed by atoms with Crippen LogP contribution in [0.5, 0.6) is 0 Å². The van der Waals surface area contributed by atoms with E-state index < -0.39 is 5.97 Å². The van der Waals surface area contributed by atoms with Gasteiger partial charge in [0.15, 0.2) is 10.8 Å². The highest BCUT2D eigenvalue weighted by molar-refractivity contribution is 7.22. The first-order chi connectivity index (χ1) is 23.8. The quantitative estimate of drug-likeness (QED) is 0.159. The molecule has 12 heteroatoms. The van der Waals surface area contributed by atoms with Crippen LogP contribution >= 0.6 is 11.3 Å². The number of rotatable bonds is 8. The van der Waals surface area contributed by atoms with Crippen LogP contribution in [0.15, 0.2) is 67.0 Å². The summed E-state index contributed by atoms with van der Waals surface area (Å²) < 4.78 is 9.99. The van der Waals surface area contributed by atoms with E-state index in [1.54, 1.807) is 28.9 Å². The summed E-state index contributed by atoms with van der Waals surface area (Å²) in [4.78, 5) is 35.7. The van der Waals surface area contributed by atoms with Gasteiger partial charge in [-0.25, -0.2) is 14.3 Å². The number of ether oxygens (including phenoxy) is 1. The number of amides is 1. The third-order valence-corrected chi connectivity index (χ3v) is 11.8. The molecule has 0 radical (unpaired) electrons. The molecule has 0 saturated heterocycles. The minimum atomic E-state index is -0.499. The normalized spacial score (nSPS) is 22.5. The fourth-order valence-electron chi connectivity index (χ4n) is 9.16. The van der Waals surface area contributed by atoms with E-state index in [9.17, 15) is 9.59 Å². The maximum atomic E-state index is 13.3. The van der Waals surface area contributed by atoms with Gasteiger partial charge in [0.05, 0.1) is 23.5 Å². The number of aromatic nitrogens is 6. The summed E-state index contributed by atoms with van der Waals surface area (Å²) in [6.07, 6.45) is 11.8. The Labute approximate surface area is 286 Å². The zero-order chi connectivity index (χ0) is 33.3. The third kappa shape index (κ3) is 5.34. The second-order valence-electron chi connectivity index (χ2n) is 14.2. The van der Waals surface area contributed by atoms with Gasteiger partial charge in [-0.05, 0) is 105 Å². The number of fused-ring (bicyclic) bond motifs is 2. The van der Waals surface area contributed by atoms with Crippen LogP contribution in [0.2, 0.25) is 0 Å². The molecule has 1 amide bonds. The number of pyridine rings is 1. The maximum Gasteiger partial charge on any atom is 0.342 e. The Bertz CT molecular complexity index is 2200. The Balaban J connectivity index is 0.984. The maximum absolute atomic E-state index is 13.3. The highest BCUT2D eigenvalue weighted by Gasteiger charge is 2.51.